The van der Waals surface area contributed by atoms with Crippen LogP contribution in [0.4, 0.5) is 0 Å². The molecule has 0 atom stereocenters. The molecule has 0 saturated heterocycles. The first-order valence-corrected chi connectivity index (χ1v) is 3.23. The van der Waals surface area contributed by atoms with Crippen LogP contribution in [0, 0.1) is 0 Å². The van der Waals surface area contributed by atoms with Crippen LogP contribution in [-0.4, -0.2) is 32.5 Å². The zero-order valence-corrected chi connectivity index (χ0v) is 6.39. The fourth-order valence-corrected chi connectivity index (χ4v) is 0.329. The van der Waals surface area contributed by atoms with Crippen LogP contribution in [0.1, 0.15) is 6.92 Å². The van der Waals surface area contributed by atoms with Crippen LogP contribution < -0.4 is 16.8 Å². The van der Waals surface area contributed by atoms with Gasteiger partial charge in [-0.3, -0.25) is 4.79 Å². The van der Waals surface area contributed by atoms with Crippen molar-refractivity contribution in [3.05, 3.63) is 0 Å². The summed E-state index contributed by atoms with van der Waals surface area (Å²) in [5, 5.41) is 3.03. The van der Waals surface area contributed by atoms with Gasteiger partial charge in [-0.2, -0.15) is 0 Å². The first kappa shape index (κ1) is 12.2. The first-order valence-electron chi connectivity index (χ1n) is 3.23. The molecule has 1 radical (unpaired) electrons. The minimum absolute atomic E-state index is 0.694. The molecule has 0 fully saturated rings. The third-order valence-corrected chi connectivity index (χ3v) is 0.642. The lowest BCUT2D eigenvalue weighted by molar-refractivity contribution is 0.560. The second-order valence-electron chi connectivity index (χ2n) is 1.53. The van der Waals surface area contributed by atoms with Gasteiger partial charge in [0.2, 0.25) is 0 Å². The Morgan fingerprint density at radius 2 is 1.60 bits per heavy atom. The number of hydrogen-bond donors (Lipinski definition) is 3. The third-order valence-electron chi connectivity index (χ3n) is 0.642. The molecule has 0 amide bonds. The van der Waals surface area contributed by atoms with Crippen LogP contribution in [0.2, 0.25) is 0 Å². The van der Waals surface area contributed by atoms with Crippen LogP contribution in [-0.2, 0) is 4.79 Å². The number of hydrogen-bond acceptors (Lipinski definition) is 4. The minimum Gasteiger partial charge on any atom is -0.329 e. The van der Waals surface area contributed by atoms with E-state index in [-0.39, 0.29) is 0 Å². The molecule has 4 heteroatoms. The minimum atomic E-state index is 0.694. The van der Waals surface area contributed by atoms with E-state index < -0.39 is 0 Å². The highest BCUT2D eigenvalue weighted by Crippen LogP contribution is 1.49. The molecule has 10 heavy (non-hydrogen) atoms. The zero-order valence-electron chi connectivity index (χ0n) is 6.39. The van der Waals surface area contributed by atoms with E-state index in [1.807, 2.05) is 0 Å². The van der Waals surface area contributed by atoms with E-state index in [0.29, 0.717) is 13.1 Å². The van der Waals surface area contributed by atoms with Gasteiger partial charge < -0.3 is 16.8 Å². The normalized spacial score (nSPS) is 7.90. The second kappa shape index (κ2) is 15.8. The van der Waals surface area contributed by atoms with Crippen LogP contribution >= 0.6 is 0 Å². The summed E-state index contributed by atoms with van der Waals surface area (Å²) in [4.78, 5) is 8.68. The molecule has 0 aromatic carbocycles. The first-order chi connectivity index (χ1) is 4.83. The predicted octanol–water partition coefficient (Wildman–Crippen LogP) is -1.39. The molecule has 0 rings (SSSR count). The van der Waals surface area contributed by atoms with Gasteiger partial charge in [-0.1, -0.05) is 0 Å². The van der Waals surface area contributed by atoms with E-state index in [1.54, 1.807) is 0 Å². The molecule has 0 aliphatic carbocycles. The maximum absolute atomic E-state index is 8.68. The molecule has 0 aliphatic heterocycles. The molecule has 0 aliphatic rings. The van der Waals surface area contributed by atoms with Crippen molar-refractivity contribution in [2.75, 3.05) is 26.2 Å². The number of nitrogens with two attached hydrogens (primary N) is 2. The third kappa shape index (κ3) is 25.7. The summed E-state index contributed by atoms with van der Waals surface area (Å²) in [5.74, 6) is 0. The van der Waals surface area contributed by atoms with Gasteiger partial charge in [0.15, 0.2) is 6.29 Å². The standard InChI is InChI=1S/C4H13N3.C2H3O/c5-1-3-7-4-2-6;1-2-3/h7H,1-6H2;1H3. The van der Waals surface area contributed by atoms with E-state index in [9.17, 15) is 0 Å². The van der Waals surface area contributed by atoms with Crippen molar-refractivity contribution in [1.82, 2.24) is 5.32 Å². The topological polar surface area (TPSA) is 81.1 Å². The maximum atomic E-state index is 8.68. The molecule has 0 saturated carbocycles. The van der Waals surface area contributed by atoms with E-state index >= 15 is 0 Å². The summed E-state index contributed by atoms with van der Waals surface area (Å²) in [7, 11) is 0. The van der Waals surface area contributed by atoms with E-state index in [1.165, 1.54) is 13.2 Å². The number of carbonyl (C=O) groups excluding carboxylic acids is 1. The van der Waals surface area contributed by atoms with Gasteiger partial charge in [0, 0.05) is 33.1 Å². The highest BCUT2D eigenvalue weighted by Gasteiger charge is 1.76. The van der Waals surface area contributed by atoms with Crippen molar-refractivity contribution in [3.63, 3.8) is 0 Å². The average molecular weight is 146 g/mol. The smallest absolute Gasteiger partial charge is 0.195 e. The summed E-state index contributed by atoms with van der Waals surface area (Å²) in [6, 6.07) is 0. The van der Waals surface area contributed by atoms with Crippen LogP contribution in [0.5, 0.6) is 0 Å². The van der Waals surface area contributed by atoms with E-state index in [2.05, 4.69) is 5.32 Å². The lowest BCUT2D eigenvalue weighted by Gasteiger charge is -1.95. The summed E-state index contributed by atoms with van der Waals surface area (Å²) in [6.45, 7) is 4.45. The Labute approximate surface area is 62.0 Å². The Hall–Kier alpha value is -0.450. The zero-order chi connectivity index (χ0) is 8.24. The number of nitrogens with one attached hydrogen (secondary N) is 1. The van der Waals surface area contributed by atoms with Crippen molar-refractivity contribution in [2.24, 2.45) is 11.5 Å². The SMILES string of the molecule is C[C]=O.NCCNCCN. The highest BCUT2D eigenvalue weighted by molar-refractivity contribution is 5.45. The molecule has 0 aromatic heterocycles. The molecule has 0 unspecified atom stereocenters. The van der Waals surface area contributed by atoms with Crippen LogP contribution in [0.3, 0.4) is 0 Å². The summed E-state index contributed by atoms with van der Waals surface area (Å²) in [5.41, 5.74) is 10.3. The Kier molecular flexibility index (Phi) is 19.4. The van der Waals surface area contributed by atoms with Gasteiger partial charge in [0.25, 0.3) is 0 Å². The molecule has 4 nitrogen and oxygen atoms in total. The molecule has 0 aromatic rings. The van der Waals surface area contributed by atoms with Crippen molar-refractivity contribution in [2.45, 2.75) is 6.92 Å². The van der Waals surface area contributed by atoms with Crippen molar-refractivity contribution in [1.29, 1.82) is 0 Å². The van der Waals surface area contributed by atoms with Crippen molar-refractivity contribution in [3.8, 4) is 0 Å². The summed E-state index contributed by atoms with van der Waals surface area (Å²) < 4.78 is 0. The molecule has 0 heterocycles. The Morgan fingerprint density at radius 1 is 1.30 bits per heavy atom. The Bertz CT molecular complexity index is 55.0. The van der Waals surface area contributed by atoms with Crippen molar-refractivity contribution >= 4 is 6.29 Å². The van der Waals surface area contributed by atoms with Gasteiger partial charge in [0.05, 0.1) is 0 Å². The average Bonchev–Trinajstić information content (AvgIpc) is 1.91. The molecule has 61 valence electrons. The summed E-state index contributed by atoms with van der Waals surface area (Å²) in [6.07, 6.45) is 1.50. The fraction of sp³-hybridized carbons (Fsp3) is 0.833. The maximum Gasteiger partial charge on any atom is 0.195 e. The summed E-state index contributed by atoms with van der Waals surface area (Å²) >= 11 is 0. The van der Waals surface area contributed by atoms with Crippen LogP contribution in [0.25, 0.3) is 0 Å². The van der Waals surface area contributed by atoms with Gasteiger partial charge in [-0.05, 0) is 0 Å². The predicted molar refractivity (Wildman–Crippen MR) is 42.3 cm³/mol. The second-order valence-corrected chi connectivity index (χ2v) is 1.53. The monoisotopic (exact) mass is 146 g/mol. The van der Waals surface area contributed by atoms with Crippen molar-refractivity contribution < 1.29 is 4.79 Å². The largest absolute Gasteiger partial charge is 0.329 e. The highest BCUT2D eigenvalue weighted by atomic mass is 16.1. The Morgan fingerprint density at radius 3 is 1.80 bits per heavy atom. The lowest BCUT2D eigenvalue weighted by Crippen LogP contribution is -2.27. The molecular weight excluding hydrogens is 130 g/mol. The van der Waals surface area contributed by atoms with Crippen LogP contribution in [0.15, 0.2) is 0 Å². The molecule has 0 spiro atoms. The van der Waals surface area contributed by atoms with Gasteiger partial charge in [0.1, 0.15) is 0 Å². The van der Waals surface area contributed by atoms with Gasteiger partial charge in [-0.25, -0.2) is 0 Å². The van der Waals surface area contributed by atoms with E-state index in [4.69, 9.17) is 16.3 Å². The molecular formula is C6H16N3O. The lowest BCUT2D eigenvalue weighted by atomic mass is 10.6. The fourth-order valence-electron chi connectivity index (χ4n) is 0.329. The molecule has 5 N–H and O–H groups in total. The van der Waals surface area contributed by atoms with Gasteiger partial charge >= 0.3 is 0 Å². The van der Waals surface area contributed by atoms with Gasteiger partial charge in [-0.15, -0.1) is 0 Å². The number of rotatable bonds is 4. The van der Waals surface area contributed by atoms with E-state index in [0.717, 1.165) is 13.1 Å². The Balaban J connectivity index is 0. The molecule has 0 bridgehead atoms. The quantitative estimate of drug-likeness (QED) is 0.426.